The highest BCUT2D eigenvalue weighted by Crippen LogP contribution is 2.45. The summed E-state index contributed by atoms with van der Waals surface area (Å²) in [4.78, 5) is 0. The fourth-order valence-corrected chi connectivity index (χ4v) is 3.80. The van der Waals surface area contributed by atoms with Crippen LogP contribution in [0.15, 0.2) is 0 Å². The normalized spacial score (nSPS) is 24.8. The lowest BCUT2D eigenvalue weighted by molar-refractivity contribution is 0.0860. The number of rotatable bonds is 4. The molecule has 0 aromatic heterocycles. The van der Waals surface area contributed by atoms with E-state index in [4.69, 9.17) is 5.14 Å². The van der Waals surface area contributed by atoms with E-state index in [2.05, 4.69) is 33.0 Å². The van der Waals surface area contributed by atoms with Crippen molar-refractivity contribution in [1.82, 2.24) is 5.32 Å². The number of nitrogens with one attached hydrogen (secondary N) is 1. The van der Waals surface area contributed by atoms with Crippen molar-refractivity contribution in [2.75, 3.05) is 12.3 Å². The lowest BCUT2D eigenvalue weighted by Crippen LogP contribution is -2.45. The third-order valence-electron chi connectivity index (χ3n) is 3.37. The van der Waals surface area contributed by atoms with Crippen LogP contribution in [0.4, 0.5) is 0 Å². The number of hydrogen-bond acceptors (Lipinski definition) is 3. The number of primary sulfonamides is 1. The van der Waals surface area contributed by atoms with Crippen LogP contribution in [-0.4, -0.2) is 26.8 Å². The van der Waals surface area contributed by atoms with Crippen molar-refractivity contribution in [1.29, 1.82) is 0 Å². The fraction of sp³-hybridized carbons (Fsp3) is 1.00. The lowest BCUT2D eigenvalue weighted by atomic mass is 9.63. The van der Waals surface area contributed by atoms with Crippen LogP contribution < -0.4 is 10.5 Å². The second-order valence-corrected chi connectivity index (χ2v) is 8.67. The second-order valence-electron chi connectivity index (χ2n) is 6.93. The van der Waals surface area contributed by atoms with Gasteiger partial charge in [-0.3, -0.25) is 0 Å². The highest BCUT2D eigenvalue weighted by Gasteiger charge is 2.38. The third-order valence-corrected chi connectivity index (χ3v) is 4.15. The predicted molar refractivity (Wildman–Crippen MR) is 71.2 cm³/mol. The molecule has 1 aliphatic carbocycles. The molecule has 17 heavy (non-hydrogen) atoms. The van der Waals surface area contributed by atoms with Gasteiger partial charge < -0.3 is 5.32 Å². The van der Waals surface area contributed by atoms with E-state index >= 15 is 0 Å². The van der Waals surface area contributed by atoms with Crippen molar-refractivity contribution in [2.45, 2.75) is 53.0 Å². The highest BCUT2D eigenvalue weighted by molar-refractivity contribution is 7.89. The third kappa shape index (κ3) is 5.84. The van der Waals surface area contributed by atoms with E-state index < -0.39 is 10.0 Å². The Morgan fingerprint density at radius 3 is 2.06 bits per heavy atom. The number of hydrogen-bond donors (Lipinski definition) is 2. The Bertz CT molecular complexity index is 345. The van der Waals surface area contributed by atoms with Crippen molar-refractivity contribution in [3.63, 3.8) is 0 Å². The van der Waals surface area contributed by atoms with Gasteiger partial charge in [0.15, 0.2) is 0 Å². The summed E-state index contributed by atoms with van der Waals surface area (Å²) in [5, 5.41) is 8.32. The van der Waals surface area contributed by atoms with Crippen LogP contribution in [0.25, 0.3) is 0 Å². The molecule has 1 rings (SSSR count). The van der Waals surface area contributed by atoms with Gasteiger partial charge in [0.1, 0.15) is 0 Å². The molecule has 3 N–H and O–H groups in total. The Balaban J connectivity index is 2.49. The maximum Gasteiger partial charge on any atom is 0.210 e. The molecule has 0 amide bonds. The summed E-state index contributed by atoms with van der Waals surface area (Å²) in [7, 11) is -3.34. The van der Waals surface area contributed by atoms with Crippen molar-refractivity contribution in [3.8, 4) is 0 Å². The Morgan fingerprint density at radius 2 is 1.65 bits per heavy atom. The fourth-order valence-electron chi connectivity index (χ4n) is 3.40. The molecule has 5 heteroatoms. The molecule has 0 radical (unpaired) electrons. The monoisotopic (exact) mass is 262 g/mol. The Kier molecular flexibility index (Phi) is 4.27. The molecule has 1 saturated carbocycles. The van der Waals surface area contributed by atoms with E-state index in [1.165, 1.54) is 6.42 Å². The first-order chi connectivity index (χ1) is 7.49. The lowest BCUT2D eigenvalue weighted by Gasteiger charge is -2.45. The first-order valence-corrected chi connectivity index (χ1v) is 7.95. The summed E-state index contributed by atoms with van der Waals surface area (Å²) in [5.41, 5.74) is 0.641. The maximum atomic E-state index is 10.9. The summed E-state index contributed by atoms with van der Waals surface area (Å²) >= 11 is 0. The van der Waals surface area contributed by atoms with Crippen molar-refractivity contribution in [3.05, 3.63) is 0 Å². The molecule has 0 saturated heterocycles. The van der Waals surface area contributed by atoms with Crippen LogP contribution in [0.2, 0.25) is 0 Å². The first kappa shape index (κ1) is 14.9. The van der Waals surface area contributed by atoms with Gasteiger partial charge in [0.2, 0.25) is 10.0 Å². The average molecular weight is 262 g/mol. The van der Waals surface area contributed by atoms with E-state index in [1.807, 2.05) is 0 Å². The van der Waals surface area contributed by atoms with E-state index in [9.17, 15) is 8.42 Å². The molecule has 0 aromatic carbocycles. The molecule has 4 nitrogen and oxygen atoms in total. The molecule has 0 bridgehead atoms. The van der Waals surface area contributed by atoms with Gasteiger partial charge in [-0.05, 0) is 30.1 Å². The van der Waals surface area contributed by atoms with E-state index in [0.29, 0.717) is 23.4 Å². The van der Waals surface area contributed by atoms with Crippen LogP contribution in [0.3, 0.4) is 0 Å². The van der Waals surface area contributed by atoms with E-state index in [-0.39, 0.29) is 5.75 Å². The standard InChI is InChI=1S/C12H26N2O2S/c1-11(2)7-10(8-12(3,4)9-11)14-5-6-17(13,15)16/h10,14H,5-9H2,1-4H3,(H2,13,15,16). The molecular formula is C12H26N2O2S. The Labute approximate surface area is 105 Å². The van der Waals surface area contributed by atoms with Gasteiger partial charge in [-0.15, -0.1) is 0 Å². The molecule has 0 aliphatic heterocycles. The highest BCUT2D eigenvalue weighted by atomic mass is 32.2. The zero-order chi connectivity index (χ0) is 13.3. The van der Waals surface area contributed by atoms with Gasteiger partial charge in [-0.1, -0.05) is 27.7 Å². The quantitative estimate of drug-likeness (QED) is 0.806. The maximum absolute atomic E-state index is 10.9. The summed E-state index contributed by atoms with van der Waals surface area (Å²) < 4.78 is 21.7. The van der Waals surface area contributed by atoms with Gasteiger partial charge in [0.05, 0.1) is 5.75 Å². The SMILES string of the molecule is CC1(C)CC(NCCS(N)(=O)=O)CC(C)(C)C1. The van der Waals surface area contributed by atoms with Gasteiger partial charge in [0.25, 0.3) is 0 Å². The Morgan fingerprint density at radius 1 is 1.18 bits per heavy atom. The summed E-state index contributed by atoms with van der Waals surface area (Å²) in [6, 6.07) is 0.399. The van der Waals surface area contributed by atoms with Crippen LogP contribution in [0.1, 0.15) is 47.0 Å². The topological polar surface area (TPSA) is 72.2 Å². The van der Waals surface area contributed by atoms with E-state index in [0.717, 1.165) is 12.8 Å². The minimum absolute atomic E-state index is 0.0182. The van der Waals surface area contributed by atoms with Crippen LogP contribution >= 0.6 is 0 Å². The van der Waals surface area contributed by atoms with Gasteiger partial charge >= 0.3 is 0 Å². The molecule has 1 aliphatic rings. The number of sulfonamides is 1. The zero-order valence-corrected chi connectivity index (χ0v) is 12.2. The van der Waals surface area contributed by atoms with Crippen LogP contribution in [0.5, 0.6) is 0 Å². The van der Waals surface area contributed by atoms with Gasteiger partial charge in [0, 0.05) is 12.6 Å². The zero-order valence-electron chi connectivity index (χ0n) is 11.4. The molecule has 0 heterocycles. The second kappa shape index (κ2) is 4.86. The average Bonchev–Trinajstić information content (AvgIpc) is 1.93. The summed E-state index contributed by atoms with van der Waals surface area (Å²) in [5.74, 6) is 0.0182. The molecule has 102 valence electrons. The minimum atomic E-state index is -3.34. The molecular weight excluding hydrogens is 236 g/mol. The van der Waals surface area contributed by atoms with Crippen molar-refractivity contribution < 1.29 is 8.42 Å². The molecule has 0 unspecified atom stereocenters. The minimum Gasteiger partial charge on any atom is -0.313 e. The van der Waals surface area contributed by atoms with E-state index in [1.54, 1.807) is 0 Å². The summed E-state index contributed by atoms with van der Waals surface area (Å²) in [6.07, 6.45) is 3.41. The van der Waals surface area contributed by atoms with Crippen molar-refractivity contribution >= 4 is 10.0 Å². The Hall–Kier alpha value is -0.130. The molecule has 0 atom stereocenters. The molecule has 1 fully saturated rings. The van der Waals surface area contributed by atoms with Gasteiger partial charge in [-0.2, -0.15) is 0 Å². The smallest absolute Gasteiger partial charge is 0.210 e. The first-order valence-electron chi connectivity index (χ1n) is 6.23. The van der Waals surface area contributed by atoms with Crippen molar-refractivity contribution in [2.24, 2.45) is 16.0 Å². The van der Waals surface area contributed by atoms with Crippen LogP contribution in [0, 0.1) is 10.8 Å². The number of nitrogens with two attached hydrogens (primary N) is 1. The largest absolute Gasteiger partial charge is 0.313 e. The van der Waals surface area contributed by atoms with Gasteiger partial charge in [-0.25, -0.2) is 13.6 Å². The molecule has 0 aromatic rings. The summed E-state index contributed by atoms with van der Waals surface area (Å²) in [6.45, 7) is 9.57. The molecule has 0 spiro atoms. The van der Waals surface area contributed by atoms with Crippen LogP contribution in [-0.2, 0) is 10.0 Å². The predicted octanol–water partition coefficient (Wildman–Crippen LogP) is 1.47.